The first-order valence-corrected chi connectivity index (χ1v) is 13.3. The molecule has 2 aromatic rings. The third kappa shape index (κ3) is 5.79. The van der Waals surface area contributed by atoms with Gasteiger partial charge in [-0.15, -0.1) is 0 Å². The minimum atomic E-state index is -4.01. The van der Waals surface area contributed by atoms with Crippen LogP contribution in [0.25, 0.3) is 0 Å². The van der Waals surface area contributed by atoms with Crippen molar-refractivity contribution in [3.05, 3.63) is 64.7 Å². The molecule has 0 radical (unpaired) electrons. The van der Waals surface area contributed by atoms with Crippen LogP contribution in [0.4, 0.5) is 0 Å². The van der Waals surface area contributed by atoms with Crippen molar-refractivity contribution in [2.24, 2.45) is 5.41 Å². The minimum Gasteiger partial charge on any atom is -0.355 e. The number of benzene rings is 2. The zero-order chi connectivity index (χ0) is 24.5. The van der Waals surface area contributed by atoms with Crippen LogP contribution in [-0.2, 0) is 21.4 Å². The van der Waals surface area contributed by atoms with Gasteiger partial charge in [0.1, 0.15) is 6.04 Å². The number of rotatable bonds is 7. The molecule has 1 aliphatic heterocycles. The van der Waals surface area contributed by atoms with E-state index in [1.807, 2.05) is 13.8 Å². The molecule has 0 unspecified atom stereocenters. The van der Waals surface area contributed by atoms with E-state index < -0.39 is 16.1 Å². The van der Waals surface area contributed by atoms with Gasteiger partial charge in [-0.3, -0.25) is 9.59 Å². The van der Waals surface area contributed by atoms with Gasteiger partial charge in [0, 0.05) is 29.7 Å². The van der Waals surface area contributed by atoms with Gasteiger partial charge in [-0.05, 0) is 73.1 Å². The third-order valence-electron chi connectivity index (χ3n) is 6.38. The van der Waals surface area contributed by atoms with Gasteiger partial charge in [0.15, 0.2) is 0 Å². The zero-order valence-electron chi connectivity index (χ0n) is 19.4. The lowest BCUT2D eigenvalue weighted by atomic mass is 9.83. The summed E-state index contributed by atoms with van der Waals surface area (Å²) in [5, 5.41) is 6.25. The number of carbonyl (C=O) groups is 2. The van der Waals surface area contributed by atoms with E-state index in [-0.39, 0.29) is 34.7 Å². The molecule has 0 bridgehead atoms. The van der Waals surface area contributed by atoms with E-state index in [4.69, 9.17) is 11.6 Å². The topological polar surface area (TPSA) is 95.6 Å². The Morgan fingerprint density at radius 2 is 1.76 bits per heavy atom. The van der Waals surface area contributed by atoms with Crippen LogP contribution in [0.2, 0.25) is 5.02 Å². The van der Waals surface area contributed by atoms with E-state index in [0.29, 0.717) is 29.1 Å². The van der Waals surface area contributed by atoms with Gasteiger partial charge in [-0.25, -0.2) is 8.42 Å². The molecule has 2 amide bonds. The number of halogens is 1. The molecule has 9 heteroatoms. The highest BCUT2D eigenvalue weighted by Crippen LogP contribution is 2.33. The second-order valence-electron chi connectivity index (χ2n) is 9.87. The molecular formula is C25H30ClN3O4S. The molecule has 1 heterocycles. The normalized spacial score (nSPS) is 20.5. The first kappa shape index (κ1) is 24.7. The van der Waals surface area contributed by atoms with Crippen LogP contribution in [0, 0.1) is 5.41 Å². The summed E-state index contributed by atoms with van der Waals surface area (Å²) in [5.41, 5.74) is 0.994. The monoisotopic (exact) mass is 503 g/mol. The van der Waals surface area contributed by atoms with Crippen LogP contribution < -0.4 is 10.6 Å². The Balaban J connectivity index is 1.66. The first-order chi connectivity index (χ1) is 16.0. The number of carbonyl (C=O) groups excluding carboxylic acids is 2. The van der Waals surface area contributed by atoms with Crippen molar-refractivity contribution in [1.29, 1.82) is 0 Å². The number of nitrogens with zero attached hydrogens (tertiary/aromatic N) is 1. The summed E-state index contributed by atoms with van der Waals surface area (Å²) in [6, 6.07) is 12.2. The standard InChI is InChI=1S/C25H30ClN3O4S/c1-25(2)13-14-27-24(31)22(15-25)29(34(32,33)21-11-7-19(26)8-12-21)16-17-3-5-18(6-4-17)23(30)28-20-9-10-20/h3-8,11-12,20,22H,9-10,13-16H2,1-2H3,(H,27,31)(H,28,30)/t22-/m0/s1. The van der Waals surface area contributed by atoms with Crippen molar-refractivity contribution in [2.45, 2.75) is 63.1 Å². The first-order valence-electron chi connectivity index (χ1n) is 11.5. The number of sulfonamides is 1. The summed E-state index contributed by atoms with van der Waals surface area (Å²) >= 11 is 5.97. The van der Waals surface area contributed by atoms with Crippen LogP contribution in [0.1, 0.15) is 55.5 Å². The highest BCUT2D eigenvalue weighted by molar-refractivity contribution is 7.89. The number of hydrogen-bond acceptors (Lipinski definition) is 4. The van der Waals surface area contributed by atoms with Crippen molar-refractivity contribution in [2.75, 3.05) is 6.54 Å². The summed E-state index contributed by atoms with van der Waals surface area (Å²) in [5.74, 6) is -0.437. The molecule has 1 saturated carbocycles. The molecule has 0 spiro atoms. The van der Waals surface area contributed by atoms with E-state index in [1.54, 1.807) is 24.3 Å². The summed E-state index contributed by atoms with van der Waals surface area (Å²) in [4.78, 5) is 25.4. The van der Waals surface area contributed by atoms with Crippen LogP contribution >= 0.6 is 11.6 Å². The largest absolute Gasteiger partial charge is 0.355 e. The summed E-state index contributed by atoms with van der Waals surface area (Å²) in [6.45, 7) is 4.59. The van der Waals surface area contributed by atoms with E-state index in [1.165, 1.54) is 28.6 Å². The SMILES string of the molecule is CC1(C)CCNC(=O)[C@@H](N(Cc2ccc(C(=O)NC3CC3)cc2)S(=O)(=O)c2ccc(Cl)cc2)C1. The molecule has 1 saturated heterocycles. The predicted octanol–water partition coefficient (Wildman–Crippen LogP) is 3.73. The molecular weight excluding hydrogens is 474 g/mol. The average molecular weight is 504 g/mol. The quantitative estimate of drug-likeness (QED) is 0.601. The van der Waals surface area contributed by atoms with Crippen molar-refractivity contribution >= 4 is 33.4 Å². The Morgan fingerprint density at radius 3 is 2.38 bits per heavy atom. The van der Waals surface area contributed by atoms with Crippen molar-refractivity contribution in [1.82, 2.24) is 14.9 Å². The van der Waals surface area contributed by atoms with Crippen molar-refractivity contribution in [3.63, 3.8) is 0 Å². The lowest BCUT2D eigenvalue weighted by molar-refractivity contribution is -0.125. The molecule has 7 nitrogen and oxygen atoms in total. The lowest BCUT2D eigenvalue weighted by Gasteiger charge is -2.33. The molecule has 1 aliphatic carbocycles. The maximum atomic E-state index is 13.8. The molecule has 2 N–H and O–H groups in total. The second kappa shape index (κ2) is 9.68. The van der Waals surface area contributed by atoms with Crippen LogP contribution in [0.5, 0.6) is 0 Å². The Morgan fingerprint density at radius 1 is 1.12 bits per heavy atom. The Kier molecular flexibility index (Phi) is 7.03. The van der Waals surface area contributed by atoms with Crippen LogP contribution in [0.15, 0.2) is 53.4 Å². The number of hydrogen-bond donors (Lipinski definition) is 2. The maximum Gasteiger partial charge on any atom is 0.251 e. The third-order valence-corrected chi connectivity index (χ3v) is 8.51. The molecule has 1 atom stereocenters. The Bertz CT molecular complexity index is 1160. The van der Waals surface area contributed by atoms with Gasteiger partial charge < -0.3 is 10.6 Å². The summed E-state index contributed by atoms with van der Waals surface area (Å²) in [6.07, 6.45) is 3.16. The van der Waals surface area contributed by atoms with Crippen molar-refractivity contribution < 1.29 is 18.0 Å². The fraction of sp³-hybridized carbons (Fsp3) is 0.440. The van der Waals surface area contributed by atoms with Crippen LogP contribution in [0.3, 0.4) is 0 Å². The summed E-state index contributed by atoms with van der Waals surface area (Å²) < 4.78 is 28.8. The number of amides is 2. The Hall–Kier alpha value is -2.42. The Labute approximate surface area is 205 Å². The minimum absolute atomic E-state index is 0.00362. The second-order valence-corrected chi connectivity index (χ2v) is 12.2. The maximum absolute atomic E-state index is 13.8. The highest BCUT2D eigenvalue weighted by Gasteiger charge is 2.41. The van der Waals surface area contributed by atoms with E-state index in [9.17, 15) is 18.0 Å². The fourth-order valence-electron chi connectivity index (χ4n) is 4.14. The average Bonchev–Trinajstić information content (AvgIpc) is 3.61. The molecule has 0 aromatic heterocycles. The molecule has 2 aliphatic rings. The van der Waals surface area contributed by atoms with Gasteiger partial charge in [-0.2, -0.15) is 4.31 Å². The predicted molar refractivity (Wildman–Crippen MR) is 131 cm³/mol. The van der Waals surface area contributed by atoms with E-state index >= 15 is 0 Å². The van der Waals surface area contributed by atoms with Gasteiger partial charge in [-0.1, -0.05) is 37.6 Å². The van der Waals surface area contributed by atoms with Gasteiger partial charge in [0.2, 0.25) is 15.9 Å². The van der Waals surface area contributed by atoms with E-state index in [2.05, 4.69) is 10.6 Å². The van der Waals surface area contributed by atoms with Gasteiger partial charge in [0.25, 0.3) is 5.91 Å². The van der Waals surface area contributed by atoms with Crippen molar-refractivity contribution in [3.8, 4) is 0 Å². The lowest BCUT2D eigenvalue weighted by Crippen LogP contribution is -2.49. The van der Waals surface area contributed by atoms with E-state index in [0.717, 1.165) is 19.3 Å². The number of nitrogens with one attached hydrogen (secondary N) is 2. The van der Waals surface area contributed by atoms with Gasteiger partial charge >= 0.3 is 0 Å². The van der Waals surface area contributed by atoms with Crippen LogP contribution in [-0.4, -0.2) is 43.2 Å². The molecule has 2 fully saturated rings. The fourth-order valence-corrected chi connectivity index (χ4v) is 5.84. The van der Waals surface area contributed by atoms with Gasteiger partial charge in [0.05, 0.1) is 4.90 Å². The molecule has 182 valence electrons. The zero-order valence-corrected chi connectivity index (χ0v) is 21.0. The molecule has 2 aromatic carbocycles. The summed E-state index contributed by atoms with van der Waals surface area (Å²) in [7, 11) is -4.01. The molecule has 4 rings (SSSR count). The molecule has 34 heavy (non-hydrogen) atoms. The smallest absolute Gasteiger partial charge is 0.251 e. The highest BCUT2D eigenvalue weighted by atomic mass is 35.5.